The first-order chi connectivity index (χ1) is 16.2. The number of pyridine rings is 2. The Bertz CT molecular complexity index is 1040. The van der Waals surface area contributed by atoms with Crippen LogP contribution in [0.15, 0.2) is 30.5 Å². The maximum Gasteiger partial charge on any atom is 0.522 e. The second-order valence-corrected chi connectivity index (χ2v) is 7.49. The van der Waals surface area contributed by atoms with Gasteiger partial charge >= 0.3 is 6.36 Å². The van der Waals surface area contributed by atoms with Gasteiger partial charge in [0.05, 0.1) is 20.3 Å². The molecule has 0 aliphatic carbocycles. The monoisotopic (exact) mass is 487 g/mol. The summed E-state index contributed by atoms with van der Waals surface area (Å²) < 4.78 is 76.1. The smallest absolute Gasteiger partial charge is 0.486 e. The average molecular weight is 487 g/mol. The summed E-state index contributed by atoms with van der Waals surface area (Å²) in [5.74, 6) is -0.961. The minimum absolute atomic E-state index is 0.0335. The van der Waals surface area contributed by atoms with Crippen LogP contribution in [0.4, 0.5) is 17.6 Å². The molecule has 0 aromatic carbocycles. The van der Waals surface area contributed by atoms with Crippen LogP contribution < -0.4 is 9.47 Å². The molecule has 0 saturated carbocycles. The number of amides is 1. The molecular formula is C21H21F4N3O6. The van der Waals surface area contributed by atoms with E-state index in [1.54, 1.807) is 0 Å². The molecule has 2 aliphatic heterocycles. The van der Waals surface area contributed by atoms with Gasteiger partial charge in [0, 0.05) is 19.2 Å². The third kappa shape index (κ3) is 4.91. The van der Waals surface area contributed by atoms with Crippen LogP contribution in [0.2, 0.25) is 0 Å². The summed E-state index contributed by atoms with van der Waals surface area (Å²) in [5.41, 5.74) is -0.921. The Morgan fingerprint density at radius 1 is 1.29 bits per heavy atom. The zero-order chi connectivity index (χ0) is 24.3. The van der Waals surface area contributed by atoms with Crippen LogP contribution in [0.3, 0.4) is 0 Å². The van der Waals surface area contributed by atoms with E-state index >= 15 is 0 Å². The minimum Gasteiger partial charge on any atom is -0.486 e. The number of hydrogen-bond donors (Lipinski definition) is 0. The van der Waals surface area contributed by atoms with Crippen molar-refractivity contribution in [2.75, 3.05) is 40.2 Å². The molecule has 0 bridgehead atoms. The Labute approximate surface area is 191 Å². The molecule has 2 aromatic rings. The molecule has 2 aromatic heterocycles. The fraction of sp³-hybridized carbons (Fsp3) is 0.476. The lowest BCUT2D eigenvalue weighted by molar-refractivity contribution is -0.325. The summed E-state index contributed by atoms with van der Waals surface area (Å²) in [5, 5.41) is 0. The number of methoxy groups -OCH3 is 1. The third-order valence-electron chi connectivity index (χ3n) is 5.54. The first kappa shape index (κ1) is 24.1. The SMILES string of the molecule is COc1nc(C(=O)N2CC[C@]3(c4ncccc4F)OCOC3C2)ccc1OCCOC(F)(F)F. The number of piperidine rings is 1. The molecule has 4 rings (SSSR count). The zero-order valence-electron chi connectivity index (χ0n) is 18.0. The van der Waals surface area contributed by atoms with E-state index in [0.29, 0.717) is 0 Å². The lowest BCUT2D eigenvalue weighted by atomic mass is 9.84. The summed E-state index contributed by atoms with van der Waals surface area (Å²) in [6, 6.07) is 5.52. The van der Waals surface area contributed by atoms with Gasteiger partial charge in [0.25, 0.3) is 11.8 Å². The molecule has 4 heterocycles. The number of halogens is 4. The summed E-state index contributed by atoms with van der Waals surface area (Å²) in [6.07, 6.45) is -3.66. The maximum atomic E-state index is 14.4. The molecule has 0 radical (unpaired) electrons. The van der Waals surface area contributed by atoms with Gasteiger partial charge in [0.2, 0.25) is 0 Å². The van der Waals surface area contributed by atoms with E-state index in [9.17, 15) is 22.4 Å². The molecular weight excluding hydrogens is 466 g/mol. The van der Waals surface area contributed by atoms with E-state index in [4.69, 9.17) is 18.9 Å². The quantitative estimate of drug-likeness (QED) is 0.435. The fourth-order valence-electron chi connectivity index (χ4n) is 3.97. The highest BCUT2D eigenvalue weighted by Crippen LogP contribution is 2.42. The van der Waals surface area contributed by atoms with E-state index in [1.807, 2.05) is 0 Å². The van der Waals surface area contributed by atoms with Gasteiger partial charge in [0.1, 0.15) is 42.3 Å². The van der Waals surface area contributed by atoms with Crippen LogP contribution in [0, 0.1) is 5.82 Å². The topological polar surface area (TPSA) is 92.2 Å². The van der Waals surface area contributed by atoms with Gasteiger partial charge in [0.15, 0.2) is 5.75 Å². The van der Waals surface area contributed by atoms with Gasteiger partial charge in [-0.3, -0.25) is 14.5 Å². The molecule has 1 amide bonds. The summed E-state index contributed by atoms with van der Waals surface area (Å²) in [4.78, 5) is 22.8. The highest BCUT2D eigenvalue weighted by molar-refractivity contribution is 5.92. The van der Waals surface area contributed by atoms with Crippen LogP contribution in [-0.2, 0) is 19.8 Å². The number of likely N-dealkylation sites (tertiary alicyclic amines) is 1. The second-order valence-electron chi connectivity index (χ2n) is 7.49. The molecule has 2 aliphatic rings. The summed E-state index contributed by atoms with van der Waals surface area (Å²) in [7, 11) is 1.29. The fourth-order valence-corrected chi connectivity index (χ4v) is 3.97. The number of aromatic nitrogens is 2. The van der Waals surface area contributed by atoms with E-state index in [2.05, 4.69) is 14.7 Å². The maximum absolute atomic E-state index is 14.4. The number of fused-ring (bicyclic) bond motifs is 1. The third-order valence-corrected chi connectivity index (χ3v) is 5.54. The van der Waals surface area contributed by atoms with Crippen molar-refractivity contribution in [1.29, 1.82) is 0 Å². The molecule has 2 fully saturated rings. The van der Waals surface area contributed by atoms with Crippen LogP contribution in [0.25, 0.3) is 0 Å². The molecule has 184 valence electrons. The normalized spacial score (nSPS) is 22.4. The Kier molecular flexibility index (Phi) is 6.86. The van der Waals surface area contributed by atoms with Crippen molar-refractivity contribution in [3.8, 4) is 11.6 Å². The van der Waals surface area contributed by atoms with E-state index < -0.39 is 43.0 Å². The van der Waals surface area contributed by atoms with Crippen molar-refractivity contribution in [2.45, 2.75) is 24.5 Å². The van der Waals surface area contributed by atoms with Gasteiger partial charge in [-0.1, -0.05) is 0 Å². The Morgan fingerprint density at radius 3 is 2.85 bits per heavy atom. The number of carbonyl (C=O) groups excluding carboxylic acids is 1. The predicted octanol–water partition coefficient (Wildman–Crippen LogP) is 2.65. The molecule has 34 heavy (non-hydrogen) atoms. The summed E-state index contributed by atoms with van der Waals surface area (Å²) >= 11 is 0. The minimum atomic E-state index is -4.76. The van der Waals surface area contributed by atoms with E-state index in [1.165, 1.54) is 42.5 Å². The molecule has 1 unspecified atom stereocenters. The van der Waals surface area contributed by atoms with Crippen LogP contribution in [0.5, 0.6) is 11.6 Å². The molecule has 2 saturated heterocycles. The van der Waals surface area contributed by atoms with Crippen molar-refractivity contribution in [3.63, 3.8) is 0 Å². The van der Waals surface area contributed by atoms with Crippen molar-refractivity contribution >= 4 is 5.91 Å². The predicted molar refractivity (Wildman–Crippen MR) is 106 cm³/mol. The number of alkyl halides is 3. The Morgan fingerprint density at radius 2 is 2.12 bits per heavy atom. The zero-order valence-corrected chi connectivity index (χ0v) is 18.0. The number of carbonyl (C=O) groups is 1. The van der Waals surface area contributed by atoms with Gasteiger partial charge in [-0.25, -0.2) is 9.37 Å². The number of rotatable bonds is 7. The highest BCUT2D eigenvalue weighted by Gasteiger charge is 2.53. The Balaban J connectivity index is 1.44. The first-order valence-corrected chi connectivity index (χ1v) is 10.3. The first-order valence-electron chi connectivity index (χ1n) is 10.3. The van der Waals surface area contributed by atoms with Crippen LogP contribution in [-0.4, -0.2) is 73.4 Å². The molecule has 9 nitrogen and oxygen atoms in total. The van der Waals surface area contributed by atoms with Crippen LogP contribution in [0.1, 0.15) is 22.6 Å². The van der Waals surface area contributed by atoms with Gasteiger partial charge < -0.3 is 23.8 Å². The molecule has 0 spiro atoms. The number of nitrogens with zero attached hydrogens (tertiary/aromatic N) is 3. The van der Waals surface area contributed by atoms with Crippen molar-refractivity contribution in [2.24, 2.45) is 0 Å². The number of hydrogen-bond acceptors (Lipinski definition) is 8. The molecule has 0 N–H and O–H groups in total. The Hall–Kier alpha value is -3.03. The molecule has 13 heteroatoms. The standard InChI is InChI=1S/C21H21F4N3O6/c1-30-18-15(31-9-10-33-21(23,24)25)5-4-14(27-18)19(29)28-8-6-20(16(11-28)32-12-34-20)17-13(22)3-2-7-26-17/h2-5,7,16H,6,8-12H2,1H3/t16?,20-/m0/s1. The van der Waals surface area contributed by atoms with Crippen molar-refractivity contribution < 1.29 is 46.0 Å². The van der Waals surface area contributed by atoms with Gasteiger partial charge in [-0.15, -0.1) is 13.2 Å². The van der Waals surface area contributed by atoms with Gasteiger partial charge in [-0.05, 0) is 24.3 Å². The summed E-state index contributed by atoms with van der Waals surface area (Å²) in [6.45, 7) is -0.832. The average Bonchev–Trinajstić information content (AvgIpc) is 3.25. The lowest BCUT2D eigenvalue weighted by Gasteiger charge is -2.41. The number of ether oxygens (including phenoxy) is 5. The van der Waals surface area contributed by atoms with E-state index in [0.717, 1.165) is 0 Å². The van der Waals surface area contributed by atoms with E-state index in [-0.39, 0.29) is 49.3 Å². The highest BCUT2D eigenvalue weighted by atomic mass is 19.4. The van der Waals surface area contributed by atoms with Crippen molar-refractivity contribution in [1.82, 2.24) is 14.9 Å². The van der Waals surface area contributed by atoms with Gasteiger partial charge in [-0.2, -0.15) is 0 Å². The van der Waals surface area contributed by atoms with Crippen molar-refractivity contribution in [3.05, 3.63) is 47.7 Å². The molecule has 2 atom stereocenters. The second kappa shape index (κ2) is 9.68. The largest absolute Gasteiger partial charge is 0.522 e. The lowest BCUT2D eigenvalue weighted by Crippen LogP contribution is -2.54. The van der Waals surface area contributed by atoms with Crippen LogP contribution >= 0.6 is 0 Å².